The Kier molecular flexibility index (Phi) is 4.10. The van der Waals surface area contributed by atoms with Crippen molar-refractivity contribution < 1.29 is 9.53 Å². The zero-order valence-electron chi connectivity index (χ0n) is 17.1. The van der Waals surface area contributed by atoms with E-state index in [1.54, 1.807) is 7.11 Å². The molecule has 5 nitrogen and oxygen atoms in total. The molecule has 1 fully saturated rings. The van der Waals surface area contributed by atoms with Gasteiger partial charge in [0, 0.05) is 43.4 Å². The van der Waals surface area contributed by atoms with Gasteiger partial charge in [-0.3, -0.25) is 9.78 Å². The van der Waals surface area contributed by atoms with Gasteiger partial charge in [0.25, 0.3) is 5.91 Å². The molecule has 148 valence electrons. The van der Waals surface area contributed by atoms with Crippen LogP contribution in [0, 0.1) is 0 Å². The molecule has 0 atom stereocenters. The zero-order valence-corrected chi connectivity index (χ0v) is 17.1. The van der Waals surface area contributed by atoms with Crippen molar-refractivity contribution >= 4 is 5.91 Å². The molecule has 1 aliphatic carbocycles. The third-order valence-corrected chi connectivity index (χ3v) is 6.37. The number of hydrogen-bond acceptors (Lipinski definition) is 3. The fraction of sp³-hybridized carbons (Fsp3) is 0.333. The Bertz CT molecular complexity index is 1110. The van der Waals surface area contributed by atoms with Crippen molar-refractivity contribution in [1.29, 1.82) is 0 Å². The lowest BCUT2D eigenvalue weighted by molar-refractivity contribution is 0.0705. The van der Waals surface area contributed by atoms with Crippen LogP contribution in [0.1, 0.15) is 47.1 Å². The van der Waals surface area contributed by atoms with Gasteiger partial charge in [0.1, 0.15) is 5.69 Å². The predicted molar refractivity (Wildman–Crippen MR) is 112 cm³/mol. The first kappa shape index (κ1) is 18.1. The van der Waals surface area contributed by atoms with E-state index in [1.807, 2.05) is 36.5 Å². The smallest absolute Gasteiger partial charge is 0.271 e. The summed E-state index contributed by atoms with van der Waals surface area (Å²) < 4.78 is 7.37. The topological polar surface area (TPSA) is 47.4 Å². The van der Waals surface area contributed by atoms with Crippen LogP contribution < -0.4 is 0 Å². The Morgan fingerprint density at radius 1 is 1.21 bits per heavy atom. The Labute approximate surface area is 170 Å². The summed E-state index contributed by atoms with van der Waals surface area (Å²) in [6.07, 6.45) is 6.78. The number of ether oxygens (including phenoxy) is 1. The molecule has 0 N–H and O–H groups in total. The van der Waals surface area contributed by atoms with Crippen molar-refractivity contribution in [2.75, 3.05) is 14.2 Å². The van der Waals surface area contributed by atoms with Crippen LogP contribution >= 0.6 is 0 Å². The van der Waals surface area contributed by atoms with E-state index in [2.05, 4.69) is 40.7 Å². The summed E-state index contributed by atoms with van der Waals surface area (Å²) >= 11 is 0. The molecule has 2 aromatic heterocycles. The minimum atomic E-state index is -0.187. The first-order chi connectivity index (χ1) is 14.1. The highest BCUT2D eigenvalue weighted by Gasteiger charge is 2.53. The lowest BCUT2D eigenvalue weighted by Crippen LogP contribution is -2.36. The molecule has 5 heteroatoms. The van der Waals surface area contributed by atoms with Crippen molar-refractivity contribution in [3.63, 3.8) is 0 Å². The van der Waals surface area contributed by atoms with E-state index < -0.39 is 0 Å². The van der Waals surface area contributed by atoms with Crippen LogP contribution in [0.5, 0.6) is 0 Å². The van der Waals surface area contributed by atoms with Crippen molar-refractivity contribution in [1.82, 2.24) is 14.5 Å². The van der Waals surface area contributed by atoms with Crippen LogP contribution in [0.2, 0.25) is 0 Å². The molecule has 1 aromatic carbocycles. The molecule has 3 aromatic rings. The molecule has 29 heavy (non-hydrogen) atoms. The van der Waals surface area contributed by atoms with Gasteiger partial charge in [-0.05, 0) is 48.6 Å². The number of methoxy groups -OCH3 is 1. The number of benzene rings is 1. The highest BCUT2D eigenvalue weighted by atomic mass is 16.5. The van der Waals surface area contributed by atoms with Gasteiger partial charge in [-0.1, -0.05) is 25.1 Å². The average molecular weight is 387 g/mol. The predicted octanol–water partition coefficient (Wildman–Crippen LogP) is 4.32. The SMILES string of the molecule is CCc1ncccc1-c1ccc2c(c1)-n1cc(COC)cc1C(=O)N(C)C21CC1. The molecule has 0 radical (unpaired) electrons. The number of rotatable bonds is 4. The fourth-order valence-electron chi connectivity index (χ4n) is 4.67. The third-order valence-electron chi connectivity index (χ3n) is 6.37. The normalized spacial score (nSPS) is 16.5. The van der Waals surface area contributed by atoms with Gasteiger partial charge < -0.3 is 14.2 Å². The number of aryl methyl sites for hydroxylation is 1. The van der Waals surface area contributed by atoms with Crippen LogP contribution in [-0.2, 0) is 23.3 Å². The van der Waals surface area contributed by atoms with Gasteiger partial charge in [0.15, 0.2) is 0 Å². The maximum Gasteiger partial charge on any atom is 0.271 e. The minimum absolute atomic E-state index is 0.0678. The molecule has 2 aliphatic rings. The van der Waals surface area contributed by atoms with Crippen molar-refractivity contribution in [3.8, 4) is 16.8 Å². The van der Waals surface area contributed by atoms with Crippen LogP contribution in [0.15, 0.2) is 48.8 Å². The van der Waals surface area contributed by atoms with E-state index >= 15 is 0 Å². The van der Waals surface area contributed by atoms with E-state index in [9.17, 15) is 4.79 Å². The first-order valence-electron chi connectivity index (χ1n) is 10.2. The number of amides is 1. The molecule has 1 spiro atoms. The average Bonchev–Trinajstić information content (AvgIpc) is 3.46. The van der Waals surface area contributed by atoms with Gasteiger partial charge in [-0.15, -0.1) is 0 Å². The molecule has 0 bridgehead atoms. The van der Waals surface area contributed by atoms with Crippen LogP contribution in [0.4, 0.5) is 0 Å². The maximum atomic E-state index is 13.3. The van der Waals surface area contributed by atoms with Gasteiger partial charge in [0.2, 0.25) is 0 Å². The van der Waals surface area contributed by atoms with Crippen LogP contribution in [0.3, 0.4) is 0 Å². The van der Waals surface area contributed by atoms with Crippen molar-refractivity contribution in [2.24, 2.45) is 0 Å². The lowest BCUT2D eigenvalue weighted by atomic mass is 9.95. The zero-order chi connectivity index (χ0) is 20.2. The minimum Gasteiger partial charge on any atom is -0.380 e. The molecule has 3 heterocycles. The fourth-order valence-corrected chi connectivity index (χ4v) is 4.67. The number of fused-ring (bicyclic) bond motifs is 4. The number of pyridine rings is 1. The Hall–Kier alpha value is -2.92. The molecule has 0 saturated heterocycles. The van der Waals surface area contributed by atoms with E-state index in [-0.39, 0.29) is 11.4 Å². The van der Waals surface area contributed by atoms with Crippen molar-refractivity contribution in [2.45, 2.75) is 38.3 Å². The molecule has 1 aliphatic heterocycles. The highest BCUT2D eigenvalue weighted by molar-refractivity contribution is 5.96. The standard InChI is InChI=1S/C24H25N3O2/c1-4-20-18(6-5-11-25-20)17-7-8-19-21(13-17)27-14-16(15-29-3)12-22(27)23(28)26(2)24(19)9-10-24/h5-8,11-14H,4,9-10,15H2,1-3H3. The highest BCUT2D eigenvalue weighted by Crippen LogP contribution is 2.54. The van der Waals surface area contributed by atoms with E-state index in [0.717, 1.165) is 47.3 Å². The summed E-state index contributed by atoms with van der Waals surface area (Å²) in [6.45, 7) is 2.61. The van der Waals surface area contributed by atoms with Crippen LogP contribution in [-0.4, -0.2) is 34.5 Å². The summed E-state index contributed by atoms with van der Waals surface area (Å²) in [7, 11) is 3.61. The molecule has 1 saturated carbocycles. The lowest BCUT2D eigenvalue weighted by Gasteiger charge is -2.27. The van der Waals surface area contributed by atoms with E-state index in [4.69, 9.17) is 4.74 Å². The van der Waals surface area contributed by atoms with Gasteiger partial charge in [0.05, 0.1) is 17.8 Å². The second-order valence-corrected chi connectivity index (χ2v) is 8.02. The Morgan fingerprint density at radius 2 is 2.03 bits per heavy atom. The summed E-state index contributed by atoms with van der Waals surface area (Å²) in [5.41, 5.74) is 7.19. The number of carbonyl (C=O) groups is 1. The van der Waals surface area contributed by atoms with Gasteiger partial charge in [-0.2, -0.15) is 0 Å². The molecule has 5 rings (SSSR count). The summed E-state index contributed by atoms with van der Waals surface area (Å²) in [5, 5.41) is 0. The van der Waals surface area contributed by atoms with E-state index in [0.29, 0.717) is 12.3 Å². The van der Waals surface area contributed by atoms with Crippen LogP contribution in [0.25, 0.3) is 16.8 Å². The molecule has 0 unspecified atom stereocenters. The summed E-state index contributed by atoms with van der Waals surface area (Å²) in [5.74, 6) is 0.0678. The largest absolute Gasteiger partial charge is 0.380 e. The second kappa shape index (κ2) is 6.56. The number of nitrogens with zero attached hydrogens (tertiary/aromatic N) is 3. The van der Waals surface area contributed by atoms with Gasteiger partial charge >= 0.3 is 0 Å². The second-order valence-electron chi connectivity index (χ2n) is 8.02. The molecular formula is C24H25N3O2. The third kappa shape index (κ3) is 2.64. The van der Waals surface area contributed by atoms with E-state index in [1.165, 1.54) is 5.56 Å². The monoisotopic (exact) mass is 387 g/mol. The Balaban J connectivity index is 1.75. The van der Waals surface area contributed by atoms with Crippen molar-refractivity contribution in [3.05, 3.63) is 71.3 Å². The number of carbonyl (C=O) groups excluding carboxylic acids is 1. The summed E-state index contributed by atoms with van der Waals surface area (Å²) in [6, 6.07) is 12.7. The number of hydrogen-bond donors (Lipinski definition) is 0. The van der Waals surface area contributed by atoms with Gasteiger partial charge in [-0.25, -0.2) is 0 Å². The number of aromatic nitrogens is 2. The molecular weight excluding hydrogens is 362 g/mol. The maximum absolute atomic E-state index is 13.3. The first-order valence-corrected chi connectivity index (χ1v) is 10.2. The quantitative estimate of drug-likeness (QED) is 0.670. The Morgan fingerprint density at radius 3 is 2.76 bits per heavy atom. The summed E-state index contributed by atoms with van der Waals surface area (Å²) in [4.78, 5) is 19.8. The molecule has 1 amide bonds.